The van der Waals surface area contributed by atoms with Crippen molar-refractivity contribution in [2.75, 3.05) is 33.1 Å². The van der Waals surface area contributed by atoms with Crippen molar-refractivity contribution in [2.24, 2.45) is 0 Å². The zero-order chi connectivity index (χ0) is 18.4. The molecule has 1 amide bonds. The predicted molar refractivity (Wildman–Crippen MR) is 106 cm³/mol. The van der Waals surface area contributed by atoms with E-state index in [1.54, 1.807) is 11.3 Å². The van der Waals surface area contributed by atoms with E-state index in [-0.39, 0.29) is 12.7 Å². The van der Waals surface area contributed by atoms with Gasteiger partial charge >= 0.3 is 0 Å². The van der Waals surface area contributed by atoms with Crippen molar-refractivity contribution in [1.82, 2.24) is 9.47 Å². The fraction of sp³-hybridized carbons (Fsp3) is 0.316. The van der Waals surface area contributed by atoms with E-state index >= 15 is 0 Å². The summed E-state index contributed by atoms with van der Waals surface area (Å²) < 4.78 is 20.5. The number of fused-ring (bicyclic) bond motifs is 2. The fourth-order valence-electron chi connectivity index (χ4n) is 3.51. The molecular formula is C19H17BrN2O4S. The second-order valence-electron chi connectivity index (χ2n) is 6.51. The Kier molecular flexibility index (Phi) is 4.34. The normalized spacial score (nSPS) is 16.3. The van der Waals surface area contributed by atoms with E-state index in [1.165, 1.54) is 0 Å². The van der Waals surface area contributed by atoms with Gasteiger partial charge in [0.15, 0.2) is 11.5 Å². The van der Waals surface area contributed by atoms with E-state index in [1.807, 2.05) is 29.2 Å². The van der Waals surface area contributed by atoms with Crippen LogP contribution in [0.15, 0.2) is 34.1 Å². The van der Waals surface area contributed by atoms with Gasteiger partial charge in [0, 0.05) is 19.6 Å². The Bertz CT molecular complexity index is 1020. The Morgan fingerprint density at radius 3 is 2.78 bits per heavy atom. The zero-order valence-electron chi connectivity index (χ0n) is 14.4. The maximum Gasteiger partial charge on any atom is 0.270 e. The molecule has 1 saturated heterocycles. The van der Waals surface area contributed by atoms with Crippen LogP contribution in [0.25, 0.3) is 10.2 Å². The van der Waals surface area contributed by atoms with Crippen LogP contribution in [0.5, 0.6) is 11.5 Å². The fourth-order valence-corrected chi connectivity index (χ4v) is 5.07. The highest BCUT2D eigenvalue weighted by molar-refractivity contribution is 9.11. The molecule has 4 heterocycles. The lowest BCUT2D eigenvalue weighted by molar-refractivity contribution is 0.0296. The lowest BCUT2D eigenvalue weighted by Gasteiger charge is -2.27. The number of carbonyl (C=O) groups excluding carboxylic acids is 1. The number of amides is 1. The first-order valence-corrected chi connectivity index (χ1v) is 10.3. The summed E-state index contributed by atoms with van der Waals surface area (Å²) >= 11 is 5.20. The maximum atomic E-state index is 13.1. The Morgan fingerprint density at radius 2 is 1.93 bits per heavy atom. The first-order valence-electron chi connectivity index (χ1n) is 8.73. The van der Waals surface area contributed by atoms with Crippen LogP contribution in [0.1, 0.15) is 16.1 Å². The first-order chi connectivity index (χ1) is 13.2. The lowest BCUT2D eigenvalue weighted by atomic mass is 10.2. The Hall–Kier alpha value is -2.03. The molecule has 0 bridgehead atoms. The highest BCUT2D eigenvalue weighted by Crippen LogP contribution is 2.35. The molecule has 2 aliphatic heterocycles. The van der Waals surface area contributed by atoms with Crippen LogP contribution in [-0.4, -0.2) is 48.5 Å². The highest BCUT2D eigenvalue weighted by Gasteiger charge is 2.24. The molecule has 2 aromatic heterocycles. The molecule has 0 unspecified atom stereocenters. The topological polar surface area (TPSA) is 52.9 Å². The number of benzene rings is 1. The molecule has 2 aliphatic rings. The molecule has 0 spiro atoms. The van der Waals surface area contributed by atoms with Crippen LogP contribution >= 0.6 is 27.3 Å². The Labute approximate surface area is 168 Å². The summed E-state index contributed by atoms with van der Waals surface area (Å²) in [5.41, 5.74) is 2.83. The van der Waals surface area contributed by atoms with Crippen molar-refractivity contribution < 1.29 is 19.0 Å². The van der Waals surface area contributed by atoms with Crippen molar-refractivity contribution >= 4 is 43.4 Å². The number of carbonyl (C=O) groups is 1. The minimum atomic E-state index is 0.0542. The quantitative estimate of drug-likeness (QED) is 0.612. The summed E-state index contributed by atoms with van der Waals surface area (Å²) in [6.45, 7) is 3.29. The summed E-state index contributed by atoms with van der Waals surface area (Å²) in [6.07, 6.45) is 0. The van der Waals surface area contributed by atoms with Gasteiger partial charge in [-0.05, 0) is 45.8 Å². The molecule has 0 radical (unpaired) electrons. The second-order valence-corrected chi connectivity index (χ2v) is 8.97. The Balaban J connectivity index is 1.54. The van der Waals surface area contributed by atoms with Gasteiger partial charge < -0.3 is 23.7 Å². The average Bonchev–Trinajstić information content (AvgIpc) is 3.37. The van der Waals surface area contributed by atoms with Crippen LogP contribution < -0.4 is 9.47 Å². The summed E-state index contributed by atoms with van der Waals surface area (Å²) in [7, 11) is 0. The molecule has 6 nitrogen and oxygen atoms in total. The average molecular weight is 449 g/mol. The Morgan fingerprint density at radius 1 is 1.11 bits per heavy atom. The molecule has 1 fully saturated rings. The number of ether oxygens (including phenoxy) is 3. The van der Waals surface area contributed by atoms with Crippen molar-refractivity contribution in [3.63, 3.8) is 0 Å². The van der Waals surface area contributed by atoms with Gasteiger partial charge in [0.1, 0.15) is 5.69 Å². The molecule has 27 heavy (non-hydrogen) atoms. The number of thiophene rings is 1. The predicted octanol–water partition coefficient (Wildman–Crippen LogP) is 3.71. The van der Waals surface area contributed by atoms with E-state index < -0.39 is 0 Å². The number of nitrogens with zero attached hydrogens (tertiary/aromatic N) is 2. The smallest absolute Gasteiger partial charge is 0.270 e. The van der Waals surface area contributed by atoms with Crippen molar-refractivity contribution in [2.45, 2.75) is 6.54 Å². The van der Waals surface area contributed by atoms with Gasteiger partial charge in [-0.1, -0.05) is 6.07 Å². The van der Waals surface area contributed by atoms with E-state index in [4.69, 9.17) is 14.2 Å². The molecule has 5 rings (SSSR count). The van der Waals surface area contributed by atoms with Crippen LogP contribution in [-0.2, 0) is 11.3 Å². The van der Waals surface area contributed by atoms with Crippen molar-refractivity contribution in [3.8, 4) is 11.5 Å². The third kappa shape index (κ3) is 3.11. The summed E-state index contributed by atoms with van der Waals surface area (Å²) in [4.78, 5) is 15.0. The third-order valence-electron chi connectivity index (χ3n) is 4.85. The second kappa shape index (κ2) is 6.85. The molecule has 140 valence electrons. The van der Waals surface area contributed by atoms with Crippen molar-refractivity contribution in [3.05, 3.63) is 45.4 Å². The van der Waals surface area contributed by atoms with E-state index in [2.05, 4.69) is 26.6 Å². The molecular weight excluding hydrogens is 432 g/mol. The van der Waals surface area contributed by atoms with E-state index in [9.17, 15) is 4.79 Å². The summed E-state index contributed by atoms with van der Waals surface area (Å²) in [5, 5.41) is 0. The van der Waals surface area contributed by atoms with Gasteiger partial charge in [-0.25, -0.2) is 0 Å². The molecule has 0 aliphatic carbocycles. The van der Waals surface area contributed by atoms with Gasteiger partial charge in [0.25, 0.3) is 5.91 Å². The number of hydrogen-bond donors (Lipinski definition) is 0. The molecule has 1 aromatic carbocycles. The maximum absolute atomic E-state index is 13.1. The molecule has 8 heteroatoms. The molecule has 0 saturated carbocycles. The van der Waals surface area contributed by atoms with Crippen LogP contribution in [0.3, 0.4) is 0 Å². The SMILES string of the molecule is O=C(c1cc2sc(Br)cc2n1Cc1ccc2c(c1)OCO2)N1CCOCC1. The van der Waals surface area contributed by atoms with Crippen LogP contribution in [0.2, 0.25) is 0 Å². The summed E-state index contributed by atoms with van der Waals surface area (Å²) in [5.74, 6) is 1.57. The van der Waals surface area contributed by atoms with E-state index in [0.717, 1.165) is 31.1 Å². The first kappa shape index (κ1) is 17.1. The largest absolute Gasteiger partial charge is 0.454 e. The number of aromatic nitrogens is 1. The van der Waals surface area contributed by atoms with Crippen LogP contribution in [0.4, 0.5) is 0 Å². The van der Waals surface area contributed by atoms with Gasteiger partial charge in [0.05, 0.1) is 27.2 Å². The van der Waals surface area contributed by atoms with Gasteiger partial charge in [0.2, 0.25) is 6.79 Å². The number of morpholine rings is 1. The van der Waals surface area contributed by atoms with Crippen molar-refractivity contribution in [1.29, 1.82) is 0 Å². The zero-order valence-corrected chi connectivity index (χ0v) is 16.8. The minimum Gasteiger partial charge on any atom is -0.454 e. The van der Waals surface area contributed by atoms with Crippen LogP contribution in [0, 0.1) is 0 Å². The number of rotatable bonds is 3. The monoisotopic (exact) mass is 448 g/mol. The number of hydrogen-bond acceptors (Lipinski definition) is 5. The lowest BCUT2D eigenvalue weighted by Crippen LogP contribution is -2.41. The van der Waals surface area contributed by atoms with Gasteiger partial charge in [-0.2, -0.15) is 0 Å². The highest BCUT2D eigenvalue weighted by atomic mass is 79.9. The molecule has 0 atom stereocenters. The number of halogens is 1. The van der Waals surface area contributed by atoms with Gasteiger partial charge in [-0.3, -0.25) is 4.79 Å². The summed E-state index contributed by atoms with van der Waals surface area (Å²) in [6, 6.07) is 9.99. The van der Waals surface area contributed by atoms with Gasteiger partial charge in [-0.15, -0.1) is 11.3 Å². The molecule has 3 aromatic rings. The standard InChI is InChI=1S/C19H17BrN2O4S/c20-18-9-13-17(27-18)8-14(19(23)21-3-5-24-6-4-21)22(13)10-12-1-2-15-16(7-12)26-11-25-15/h1-2,7-9H,3-6,10-11H2. The molecule has 0 N–H and O–H groups in total. The minimum absolute atomic E-state index is 0.0542. The third-order valence-corrected chi connectivity index (χ3v) is 6.43. The van der Waals surface area contributed by atoms with E-state index in [0.29, 0.717) is 38.5 Å².